The van der Waals surface area contributed by atoms with E-state index in [1.807, 2.05) is 27.7 Å². The van der Waals surface area contributed by atoms with Crippen molar-refractivity contribution in [3.8, 4) is 0 Å². The van der Waals surface area contributed by atoms with Gasteiger partial charge in [0.15, 0.2) is 5.13 Å². The van der Waals surface area contributed by atoms with E-state index < -0.39 is 0 Å². The maximum atomic E-state index is 12.0. The van der Waals surface area contributed by atoms with Gasteiger partial charge in [-0.25, -0.2) is 4.98 Å². The van der Waals surface area contributed by atoms with Crippen LogP contribution in [0.4, 0.5) is 10.8 Å². The number of aromatic nitrogens is 3. The van der Waals surface area contributed by atoms with Gasteiger partial charge in [-0.3, -0.25) is 9.48 Å². The van der Waals surface area contributed by atoms with Gasteiger partial charge in [-0.2, -0.15) is 5.10 Å². The van der Waals surface area contributed by atoms with Crippen LogP contribution in [0.3, 0.4) is 0 Å². The van der Waals surface area contributed by atoms with Crippen molar-refractivity contribution in [3.63, 3.8) is 0 Å². The summed E-state index contributed by atoms with van der Waals surface area (Å²) >= 11 is 1.49. The van der Waals surface area contributed by atoms with Crippen molar-refractivity contribution in [1.82, 2.24) is 14.8 Å². The normalized spacial score (nSPS) is 10.8. The molecule has 108 valence electrons. The highest BCUT2D eigenvalue weighted by Gasteiger charge is 2.13. The highest BCUT2D eigenvalue weighted by Crippen LogP contribution is 2.22. The summed E-state index contributed by atoms with van der Waals surface area (Å²) in [6, 6.07) is 0. The van der Waals surface area contributed by atoms with E-state index >= 15 is 0 Å². The molecule has 1 amide bonds. The molecule has 0 saturated heterocycles. The summed E-state index contributed by atoms with van der Waals surface area (Å²) < 4.78 is 1.61. The van der Waals surface area contributed by atoms with Gasteiger partial charge in [0.25, 0.3) is 0 Å². The van der Waals surface area contributed by atoms with Crippen molar-refractivity contribution in [2.45, 2.75) is 40.7 Å². The van der Waals surface area contributed by atoms with Crippen LogP contribution in [0.15, 0.2) is 0 Å². The van der Waals surface area contributed by atoms with Gasteiger partial charge in [0.05, 0.1) is 22.8 Å². The number of hydrogen-bond donors (Lipinski definition) is 2. The summed E-state index contributed by atoms with van der Waals surface area (Å²) in [4.78, 5) is 17.5. The Hall–Kier alpha value is -1.89. The lowest BCUT2D eigenvalue weighted by Gasteiger charge is -2.04. The summed E-state index contributed by atoms with van der Waals surface area (Å²) in [5.41, 5.74) is 9.06. The summed E-state index contributed by atoms with van der Waals surface area (Å²) in [6.07, 6.45) is 0.867. The van der Waals surface area contributed by atoms with Crippen molar-refractivity contribution in [3.05, 3.63) is 22.0 Å². The fourth-order valence-electron chi connectivity index (χ4n) is 1.97. The lowest BCUT2D eigenvalue weighted by molar-refractivity contribution is -0.116. The molecule has 0 saturated carbocycles. The summed E-state index contributed by atoms with van der Waals surface area (Å²) in [7, 11) is 0. The van der Waals surface area contributed by atoms with E-state index in [0.717, 1.165) is 28.4 Å². The molecule has 2 rings (SSSR count). The number of amides is 1. The van der Waals surface area contributed by atoms with E-state index in [9.17, 15) is 4.79 Å². The third-order valence-electron chi connectivity index (χ3n) is 3.20. The van der Waals surface area contributed by atoms with E-state index in [-0.39, 0.29) is 12.5 Å². The first-order valence-electron chi connectivity index (χ1n) is 6.48. The molecule has 0 bridgehead atoms. The zero-order chi connectivity index (χ0) is 14.9. The van der Waals surface area contributed by atoms with Crippen molar-refractivity contribution in [1.29, 1.82) is 0 Å². The van der Waals surface area contributed by atoms with Crippen molar-refractivity contribution < 1.29 is 4.79 Å². The Morgan fingerprint density at radius 2 is 2.10 bits per heavy atom. The first kappa shape index (κ1) is 14.5. The topological polar surface area (TPSA) is 85.8 Å². The Morgan fingerprint density at radius 3 is 2.60 bits per heavy atom. The second-order valence-electron chi connectivity index (χ2n) is 4.67. The van der Waals surface area contributed by atoms with Gasteiger partial charge in [-0.15, -0.1) is 11.3 Å². The molecule has 0 aliphatic heterocycles. The minimum Gasteiger partial charge on any atom is -0.396 e. The Labute approximate surface area is 122 Å². The van der Waals surface area contributed by atoms with Gasteiger partial charge >= 0.3 is 0 Å². The molecule has 7 heteroatoms. The molecule has 2 heterocycles. The molecular weight excluding hydrogens is 274 g/mol. The first-order chi connectivity index (χ1) is 9.42. The van der Waals surface area contributed by atoms with Crippen molar-refractivity contribution >= 4 is 28.1 Å². The number of carbonyl (C=O) groups excluding carboxylic acids is 1. The van der Waals surface area contributed by atoms with Crippen LogP contribution >= 0.6 is 11.3 Å². The molecule has 6 nitrogen and oxygen atoms in total. The van der Waals surface area contributed by atoms with Crippen LogP contribution in [-0.2, 0) is 17.8 Å². The van der Waals surface area contributed by atoms with Crippen LogP contribution in [0.25, 0.3) is 0 Å². The van der Waals surface area contributed by atoms with Gasteiger partial charge in [-0.05, 0) is 27.2 Å². The lowest BCUT2D eigenvalue weighted by atomic mass is 10.3. The third kappa shape index (κ3) is 2.82. The smallest absolute Gasteiger partial charge is 0.247 e. The second kappa shape index (κ2) is 5.62. The number of aryl methyl sites for hydroxylation is 3. The van der Waals surface area contributed by atoms with Gasteiger partial charge < -0.3 is 11.1 Å². The molecule has 0 radical (unpaired) electrons. The minimum absolute atomic E-state index is 0.143. The van der Waals surface area contributed by atoms with E-state index in [1.54, 1.807) is 4.68 Å². The number of nitrogens with two attached hydrogens (primary N) is 1. The third-order valence-corrected chi connectivity index (χ3v) is 4.13. The van der Waals surface area contributed by atoms with Crippen LogP contribution in [0, 0.1) is 20.8 Å². The predicted octanol–water partition coefficient (Wildman–Crippen LogP) is 2.05. The maximum absolute atomic E-state index is 12.0. The molecule has 0 unspecified atom stereocenters. The zero-order valence-electron chi connectivity index (χ0n) is 12.1. The van der Waals surface area contributed by atoms with Crippen LogP contribution < -0.4 is 11.1 Å². The fraction of sp³-hybridized carbons (Fsp3) is 0.462. The number of nitrogens with zero attached hydrogens (tertiary/aromatic N) is 3. The zero-order valence-corrected chi connectivity index (χ0v) is 13.0. The van der Waals surface area contributed by atoms with Gasteiger partial charge in [-0.1, -0.05) is 6.92 Å². The minimum atomic E-state index is -0.146. The predicted molar refractivity (Wildman–Crippen MR) is 81.0 cm³/mol. The molecular formula is C13H19N5OS. The van der Waals surface area contributed by atoms with Crippen molar-refractivity contribution in [2.75, 3.05) is 11.1 Å². The van der Waals surface area contributed by atoms with Gasteiger partial charge in [0, 0.05) is 4.88 Å². The molecule has 0 atom stereocenters. The highest BCUT2D eigenvalue weighted by atomic mass is 32.1. The lowest BCUT2D eigenvalue weighted by Crippen LogP contribution is -2.20. The molecule has 2 aromatic heterocycles. The van der Waals surface area contributed by atoms with E-state index in [2.05, 4.69) is 15.4 Å². The summed E-state index contributed by atoms with van der Waals surface area (Å²) in [5.74, 6) is -0.146. The van der Waals surface area contributed by atoms with Crippen molar-refractivity contribution in [2.24, 2.45) is 0 Å². The van der Waals surface area contributed by atoms with Gasteiger partial charge in [0.1, 0.15) is 6.54 Å². The number of hydrogen-bond acceptors (Lipinski definition) is 5. The Balaban J connectivity index is 2.06. The molecule has 0 fully saturated rings. The van der Waals surface area contributed by atoms with E-state index in [0.29, 0.717) is 10.8 Å². The van der Waals surface area contributed by atoms with E-state index in [1.165, 1.54) is 11.3 Å². The quantitative estimate of drug-likeness (QED) is 0.903. The number of anilines is 2. The fourth-order valence-corrected chi connectivity index (χ4v) is 2.89. The van der Waals surface area contributed by atoms with E-state index in [4.69, 9.17) is 5.73 Å². The molecule has 0 aliphatic rings. The monoisotopic (exact) mass is 293 g/mol. The number of nitrogens with one attached hydrogen (secondary N) is 1. The number of rotatable bonds is 4. The summed E-state index contributed by atoms with van der Waals surface area (Å²) in [6.45, 7) is 7.88. The van der Waals surface area contributed by atoms with Crippen LogP contribution in [0.5, 0.6) is 0 Å². The average molecular weight is 293 g/mol. The standard InChI is InChI=1S/C13H19N5OS/c1-5-10-9(4)20-13(15-10)16-11(19)6-18-8(3)12(14)7(2)17-18/h5-6,14H2,1-4H3,(H,15,16,19). The van der Waals surface area contributed by atoms with Gasteiger partial charge in [0.2, 0.25) is 5.91 Å². The molecule has 0 aromatic carbocycles. The Morgan fingerprint density at radius 1 is 1.40 bits per heavy atom. The van der Waals surface area contributed by atoms with Crippen LogP contribution in [0.2, 0.25) is 0 Å². The number of thiazole rings is 1. The molecule has 3 N–H and O–H groups in total. The maximum Gasteiger partial charge on any atom is 0.247 e. The SMILES string of the molecule is CCc1nc(NC(=O)Cn2nc(C)c(N)c2C)sc1C. The largest absolute Gasteiger partial charge is 0.396 e. The number of nitrogen functional groups attached to an aromatic ring is 1. The highest BCUT2D eigenvalue weighted by molar-refractivity contribution is 7.15. The molecule has 2 aromatic rings. The summed E-state index contributed by atoms with van der Waals surface area (Å²) in [5, 5.41) is 7.69. The average Bonchev–Trinajstić information content (AvgIpc) is 2.85. The van der Waals surface area contributed by atoms with Crippen LogP contribution in [-0.4, -0.2) is 20.7 Å². The molecule has 0 aliphatic carbocycles. The first-order valence-corrected chi connectivity index (χ1v) is 7.29. The molecule has 20 heavy (non-hydrogen) atoms. The Bertz CT molecular complexity index is 643. The molecule has 0 spiro atoms. The Kier molecular flexibility index (Phi) is 4.08. The number of carbonyl (C=O) groups is 1. The second-order valence-corrected chi connectivity index (χ2v) is 5.87. The van der Waals surface area contributed by atoms with Crippen LogP contribution in [0.1, 0.15) is 28.9 Å².